The standard InChI is InChI=1S/C13H25NO2/c15-13(6-2-1-3-7-13)11-14-8-4-12-5-9-16-10-12/h12,14-15H,1-11H2. The zero-order valence-corrected chi connectivity index (χ0v) is 10.2. The Balaban J connectivity index is 1.56. The maximum atomic E-state index is 10.3. The quantitative estimate of drug-likeness (QED) is 0.702. The molecule has 2 N–H and O–H groups in total. The smallest absolute Gasteiger partial charge is 0.0771 e. The first-order valence-electron chi connectivity index (χ1n) is 6.79. The van der Waals surface area contributed by atoms with Gasteiger partial charge in [0.25, 0.3) is 0 Å². The minimum atomic E-state index is -0.412. The Bertz CT molecular complexity index is 196. The van der Waals surface area contributed by atoms with Gasteiger partial charge in [-0.25, -0.2) is 0 Å². The summed E-state index contributed by atoms with van der Waals surface area (Å²) in [4.78, 5) is 0. The molecule has 1 aliphatic carbocycles. The van der Waals surface area contributed by atoms with Crippen molar-refractivity contribution in [1.29, 1.82) is 0 Å². The Morgan fingerprint density at radius 3 is 2.75 bits per heavy atom. The van der Waals surface area contributed by atoms with Gasteiger partial charge in [0.2, 0.25) is 0 Å². The highest BCUT2D eigenvalue weighted by molar-refractivity contribution is 4.84. The molecule has 0 aromatic carbocycles. The van der Waals surface area contributed by atoms with E-state index < -0.39 is 5.60 Å². The lowest BCUT2D eigenvalue weighted by Gasteiger charge is -2.32. The Hall–Kier alpha value is -0.120. The molecule has 0 bridgehead atoms. The minimum absolute atomic E-state index is 0.412. The average Bonchev–Trinajstić information content (AvgIpc) is 2.78. The SMILES string of the molecule is OC1(CNCCC2CCOC2)CCCCC1. The van der Waals surface area contributed by atoms with E-state index in [1.807, 2.05) is 0 Å². The Labute approximate surface area is 98.6 Å². The maximum Gasteiger partial charge on any atom is 0.0771 e. The molecule has 3 heteroatoms. The molecular weight excluding hydrogens is 202 g/mol. The van der Waals surface area contributed by atoms with Crippen molar-refractivity contribution in [3.05, 3.63) is 0 Å². The summed E-state index contributed by atoms with van der Waals surface area (Å²) in [6, 6.07) is 0. The molecule has 1 heterocycles. The first-order valence-corrected chi connectivity index (χ1v) is 6.79. The first-order chi connectivity index (χ1) is 7.79. The van der Waals surface area contributed by atoms with E-state index in [0.717, 1.165) is 45.1 Å². The highest BCUT2D eigenvalue weighted by Gasteiger charge is 2.28. The molecule has 1 saturated heterocycles. The van der Waals surface area contributed by atoms with Gasteiger partial charge in [-0.15, -0.1) is 0 Å². The molecule has 2 aliphatic rings. The number of rotatable bonds is 5. The van der Waals surface area contributed by atoms with Gasteiger partial charge in [0.15, 0.2) is 0 Å². The van der Waals surface area contributed by atoms with Crippen molar-refractivity contribution in [3.63, 3.8) is 0 Å². The van der Waals surface area contributed by atoms with E-state index in [2.05, 4.69) is 5.32 Å². The fourth-order valence-electron chi connectivity index (χ4n) is 2.82. The van der Waals surface area contributed by atoms with Gasteiger partial charge in [-0.05, 0) is 38.1 Å². The van der Waals surface area contributed by atoms with E-state index in [4.69, 9.17) is 4.74 Å². The largest absolute Gasteiger partial charge is 0.389 e. The highest BCUT2D eigenvalue weighted by atomic mass is 16.5. The molecule has 2 rings (SSSR count). The van der Waals surface area contributed by atoms with Crippen LogP contribution in [0.3, 0.4) is 0 Å². The first kappa shape index (κ1) is 12.3. The van der Waals surface area contributed by atoms with Gasteiger partial charge in [0.05, 0.1) is 5.60 Å². The van der Waals surface area contributed by atoms with E-state index in [-0.39, 0.29) is 0 Å². The van der Waals surface area contributed by atoms with Gasteiger partial charge >= 0.3 is 0 Å². The van der Waals surface area contributed by atoms with Crippen LogP contribution in [0.15, 0.2) is 0 Å². The Kier molecular flexibility index (Phi) is 4.62. The van der Waals surface area contributed by atoms with Crippen LogP contribution in [0.25, 0.3) is 0 Å². The number of hydrogen-bond donors (Lipinski definition) is 2. The van der Waals surface area contributed by atoms with Crippen molar-refractivity contribution in [3.8, 4) is 0 Å². The number of ether oxygens (including phenoxy) is 1. The van der Waals surface area contributed by atoms with E-state index >= 15 is 0 Å². The zero-order chi connectivity index (χ0) is 11.3. The normalized spacial score (nSPS) is 29.4. The van der Waals surface area contributed by atoms with Crippen molar-refractivity contribution in [1.82, 2.24) is 5.32 Å². The second-order valence-electron chi connectivity index (χ2n) is 5.48. The summed E-state index contributed by atoms with van der Waals surface area (Å²) < 4.78 is 5.35. The molecule has 0 spiro atoms. The van der Waals surface area contributed by atoms with Gasteiger partial charge < -0.3 is 15.2 Å². The molecule has 16 heavy (non-hydrogen) atoms. The van der Waals surface area contributed by atoms with Crippen LogP contribution in [0.5, 0.6) is 0 Å². The van der Waals surface area contributed by atoms with Crippen LogP contribution in [0.2, 0.25) is 0 Å². The number of nitrogens with one attached hydrogen (secondary N) is 1. The fraction of sp³-hybridized carbons (Fsp3) is 1.00. The molecule has 0 radical (unpaired) electrons. The number of hydrogen-bond acceptors (Lipinski definition) is 3. The lowest BCUT2D eigenvalue weighted by Crippen LogP contribution is -2.42. The summed E-state index contributed by atoms with van der Waals surface area (Å²) in [5.74, 6) is 0.744. The lowest BCUT2D eigenvalue weighted by atomic mass is 9.85. The summed E-state index contributed by atoms with van der Waals surface area (Å²) in [7, 11) is 0. The minimum Gasteiger partial charge on any atom is -0.389 e. The lowest BCUT2D eigenvalue weighted by molar-refractivity contribution is 0.00484. The molecule has 1 unspecified atom stereocenters. The summed E-state index contributed by atoms with van der Waals surface area (Å²) in [6.45, 7) is 3.68. The van der Waals surface area contributed by atoms with Crippen molar-refractivity contribution >= 4 is 0 Å². The fourth-order valence-corrected chi connectivity index (χ4v) is 2.82. The summed E-state index contributed by atoms with van der Waals surface area (Å²) in [6.07, 6.45) is 8.03. The predicted molar refractivity (Wildman–Crippen MR) is 64.4 cm³/mol. The summed E-state index contributed by atoms with van der Waals surface area (Å²) in [5, 5.41) is 13.7. The average molecular weight is 227 g/mol. The monoisotopic (exact) mass is 227 g/mol. The van der Waals surface area contributed by atoms with Crippen molar-refractivity contribution in [2.24, 2.45) is 5.92 Å². The van der Waals surface area contributed by atoms with Crippen LogP contribution in [0.4, 0.5) is 0 Å². The third-order valence-electron chi connectivity index (χ3n) is 3.99. The van der Waals surface area contributed by atoms with Crippen LogP contribution in [0.1, 0.15) is 44.9 Å². The molecule has 2 fully saturated rings. The van der Waals surface area contributed by atoms with Crippen LogP contribution in [0, 0.1) is 5.92 Å². The Morgan fingerprint density at radius 2 is 2.06 bits per heavy atom. The van der Waals surface area contributed by atoms with Gasteiger partial charge in [0, 0.05) is 19.8 Å². The number of aliphatic hydroxyl groups is 1. The molecule has 1 atom stereocenters. The second kappa shape index (κ2) is 5.99. The molecular formula is C13H25NO2. The van der Waals surface area contributed by atoms with E-state index in [9.17, 15) is 5.11 Å². The Morgan fingerprint density at radius 1 is 1.25 bits per heavy atom. The summed E-state index contributed by atoms with van der Waals surface area (Å²) in [5.41, 5.74) is -0.412. The van der Waals surface area contributed by atoms with E-state index in [1.54, 1.807) is 0 Å². The molecule has 1 saturated carbocycles. The molecule has 1 aliphatic heterocycles. The van der Waals surface area contributed by atoms with E-state index in [0.29, 0.717) is 0 Å². The maximum absolute atomic E-state index is 10.3. The summed E-state index contributed by atoms with van der Waals surface area (Å²) >= 11 is 0. The molecule has 0 aromatic rings. The molecule has 0 aromatic heterocycles. The van der Waals surface area contributed by atoms with Crippen LogP contribution >= 0.6 is 0 Å². The highest BCUT2D eigenvalue weighted by Crippen LogP contribution is 2.27. The van der Waals surface area contributed by atoms with Gasteiger partial charge in [-0.3, -0.25) is 0 Å². The van der Waals surface area contributed by atoms with E-state index in [1.165, 1.54) is 32.1 Å². The van der Waals surface area contributed by atoms with Gasteiger partial charge in [-0.1, -0.05) is 19.3 Å². The van der Waals surface area contributed by atoms with Crippen molar-refractivity contribution in [2.45, 2.75) is 50.5 Å². The van der Waals surface area contributed by atoms with Crippen molar-refractivity contribution in [2.75, 3.05) is 26.3 Å². The molecule has 0 amide bonds. The van der Waals surface area contributed by atoms with Crippen molar-refractivity contribution < 1.29 is 9.84 Å². The second-order valence-corrected chi connectivity index (χ2v) is 5.48. The van der Waals surface area contributed by atoms with Crippen LogP contribution < -0.4 is 5.32 Å². The third kappa shape index (κ3) is 3.72. The predicted octanol–water partition coefficient (Wildman–Crippen LogP) is 1.70. The third-order valence-corrected chi connectivity index (χ3v) is 3.99. The van der Waals surface area contributed by atoms with Gasteiger partial charge in [0.1, 0.15) is 0 Å². The van der Waals surface area contributed by atoms with Crippen LogP contribution in [-0.2, 0) is 4.74 Å². The molecule has 3 nitrogen and oxygen atoms in total. The topological polar surface area (TPSA) is 41.5 Å². The zero-order valence-electron chi connectivity index (χ0n) is 10.2. The van der Waals surface area contributed by atoms with Gasteiger partial charge in [-0.2, -0.15) is 0 Å². The van der Waals surface area contributed by atoms with Crippen LogP contribution in [-0.4, -0.2) is 37.0 Å². The molecule has 94 valence electrons.